The van der Waals surface area contributed by atoms with Crippen molar-refractivity contribution in [3.8, 4) is 0 Å². The fourth-order valence-corrected chi connectivity index (χ4v) is 2.87. The van der Waals surface area contributed by atoms with Gasteiger partial charge in [-0.05, 0) is 31.9 Å². The lowest BCUT2D eigenvalue weighted by molar-refractivity contribution is -0.384. The van der Waals surface area contributed by atoms with Crippen LogP contribution >= 0.6 is 0 Å². The summed E-state index contributed by atoms with van der Waals surface area (Å²) in [5, 5.41) is 24.8. The van der Waals surface area contributed by atoms with Gasteiger partial charge >= 0.3 is 0 Å². The number of nitro groups is 1. The Morgan fingerprint density at radius 2 is 1.95 bits per heavy atom. The first-order valence-electron chi connectivity index (χ1n) is 7.67. The summed E-state index contributed by atoms with van der Waals surface area (Å²) in [4.78, 5) is 22.0. The quantitative estimate of drug-likeness (QED) is 0.377. The summed E-state index contributed by atoms with van der Waals surface area (Å²) in [6.07, 6.45) is 5.61. The second-order valence-electron chi connectivity index (χ2n) is 6.04. The predicted octanol–water partition coefficient (Wildman–Crippen LogP) is 3.29. The largest absolute Gasteiger partial charge is 0.388 e. The van der Waals surface area contributed by atoms with E-state index in [1.807, 2.05) is 0 Å². The third-order valence-electron chi connectivity index (χ3n) is 4.24. The van der Waals surface area contributed by atoms with Crippen LogP contribution < -0.4 is 5.32 Å². The molecule has 1 fully saturated rings. The van der Waals surface area contributed by atoms with Crippen molar-refractivity contribution in [3.63, 3.8) is 0 Å². The minimum Gasteiger partial charge on any atom is -0.388 e. The van der Waals surface area contributed by atoms with Gasteiger partial charge in [0.2, 0.25) is 0 Å². The zero-order chi connectivity index (χ0) is 16.2. The second-order valence-corrected chi connectivity index (χ2v) is 6.04. The lowest BCUT2D eigenvalue weighted by atomic mass is 9.94. The molecule has 0 radical (unpaired) electrons. The molecule has 0 heterocycles. The molecule has 0 amide bonds. The maximum absolute atomic E-state index is 11.3. The maximum Gasteiger partial charge on any atom is 0.293 e. The molecule has 2 N–H and O–H groups in total. The third kappa shape index (κ3) is 4.04. The Kier molecular flexibility index (Phi) is 5.13. The number of Topliss-reactive ketones (excluding diaryl/α,β-unsaturated/α-hetero) is 1. The van der Waals surface area contributed by atoms with Crippen molar-refractivity contribution in [2.45, 2.75) is 51.0 Å². The molecule has 0 spiro atoms. The summed E-state index contributed by atoms with van der Waals surface area (Å²) in [5.41, 5.74) is -0.299. The van der Waals surface area contributed by atoms with E-state index < -0.39 is 10.5 Å². The van der Waals surface area contributed by atoms with Gasteiger partial charge in [-0.3, -0.25) is 14.9 Å². The number of hydrogen-bond acceptors (Lipinski definition) is 5. The highest BCUT2D eigenvalue weighted by Gasteiger charge is 2.28. The van der Waals surface area contributed by atoms with Crippen molar-refractivity contribution in [3.05, 3.63) is 33.9 Å². The van der Waals surface area contributed by atoms with Crippen molar-refractivity contribution in [1.82, 2.24) is 0 Å². The average molecular weight is 306 g/mol. The number of hydrogen-bond donors (Lipinski definition) is 2. The normalized spacial score (nSPS) is 17.5. The third-order valence-corrected chi connectivity index (χ3v) is 4.24. The van der Waals surface area contributed by atoms with Crippen LogP contribution in [-0.4, -0.2) is 28.0 Å². The van der Waals surface area contributed by atoms with E-state index in [1.54, 1.807) is 6.07 Å². The number of carbonyl (C=O) groups excluding carboxylic acids is 1. The Balaban J connectivity index is 2.14. The fourth-order valence-electron chi connectivity index (χ4n) is 2.87. The number of nitro benzene ring substituents is 1. The summed E-state index contributed by atoms with van der Waals surface area (Å²) in [7, 11) is 0. The lowest BCUT2D eigenvalue weighted by Gasteiger charge is -2.27. The van der Waals surface area contributed by atoms with Crippen LogP contribution in [0.5, 0.6) is 0 Å². The van der Waals surface area contributed by atoms with Gasteiger partial charge in [0.25, 0.3) is 5.69 Å². The molecule has 6 heteroatoms. The van der Waals surface area contributed by atoms with Gasteiger partial charge in [-0.1, -0.05) is 25.7 Å². The van der Waals surface area contributed by atoms with Crippen LogP contribution in [0.3, 0.4) is 0 Å². The first-order chi connectivity index (χ1) is 10.4. The Morgan fingerprint density at radius 1 is 1.32 bits per heavy atom. The molecule has 0 saturated heterocycles. The number of carbonyl (C=O) groups is 1. The zero-order valence-corrected chi connectivity index (χ0v) is 12.8. The Labute approximate surface area is 129 Å². The van der Waals surface area contributed by atoms with E-state index in [0.717, 1.165) is 25.7 Å². The van der Waals surface area contributed by atoms with Crippen LogP contribution in [0.1, 0.15) is 55.8 Å². The summed E-state index contributed by atoms with van der Waals surface area (Å²) in [6, 6.07) is 4.38. The van der Waals surface area contributed by atoms with Crippen LogP contribution in [0, 0.1) is 10.1 Å². The summed E-state index contributed by atoms with van der Waals surface area (Å²) >= 11 is 0. The molecule has 1 saturated carbocycles. The summed E-state index contributed by atoms with van der Waals surface area (Å²) in [5.74, 6) is -0.211. The molecular weight excluding hydrogens is 284 g/mol. The monoisotopic (exact) mass is 306 g/mol. The van der Waals surface area contributed by atoms with Crippen LogP contribution in [0.15, 0.2) is 18.2 Å². The highest BCUT2D eigenvalue weighted by Crippen LogP contribution is 2.30. The molecule has 0 atom stereocenters. The number of nitrogens with one attached hydrogen (secondary N) is 1. The number of aliphatic hydroxyl groups is 1. The lowest BCUT2D eigenvalue weighted by Crippen LogP contribution is -2.36. The van der Waals surface area contributed by atoms with Gasteiger partial charge in [0.05, 0.1) is 10.5 Å². The van der Waals surface area contributed by atoms with Crippen molar-refractivity contribution in [2.75, 3.05) is 11.9 Å². The zero-order valence-electron chi connectivity index (χ0n) is 12.8. The molecule has 1 aromatic rings. The molecule has 1 aromatic carbocycles. The molecule has 0 unspecified atom stereocenters. The van der Waals surface area contributed by atoms with Crippen molar-refractivity contribution < 1.29 is 14.8 Å². The molecule has 120 valence electrons. The molecule has 1 aliphatic carbocycles. The fraction of sp³-hybridized carbons (Fsp3) is 0.562. The molecule has 22 heavy (non-hydrogen) atoms. The van der Waals surface area contributed by atoms with Crippen molar-refractivity contribution in [2.24, 2.45) is 0 Å². The van der Waals surface area contributed by atoms with Crippen molar-refractivity contribution in [1.29, 1.82) is 0 Å². The SMILES string of the molecule is CC(=O)c1ccc(NCC2(O)CCCCCC2)c([N+](=O)[O-])c1. The van der Waals surface area contributed by atoms with E-state index in [9.17, 15) is 20.0 Å². The van der Waals surface area contributed by atoms with Gasteiger partial charge in [0, 0.05) is 18.2 Å². The van der Waals surface area contributed by atoms with Gasteiger partial charge in [0.15, 0.2) is 5.78 Å². The molecular formula is C16H22N2O4. The van der Waals surface area contributed by atoms with Gasteiger partial charge in [-0.25, -0.2) is 0 Å². The number of benzene rings is 1. The molecule has 0 aliphatic heterocycles. The first kappa shape index (κ1) is 16.4. The Hall–Kier alpha value is -1.95. The van der Waals surface area contributed by atoms with E-state index in [-0.39, 0.29) is 18.0 Å². The molecule has 2 rings (SSSR count). The van der Waals surface area contributed by atoms with E-state index in [1.165, 1.54) is 19.1 Å². The van der Waals surface area contributed by atoms with Crippen LogP contribution in [0.4, 0.5) is 11.4 Å². The standard InChI is InChI=1S/C16H22N2O4/c1-12(19)13-6-7-14(15(10-13)18(21)22)17-11-16(20)8-4-2-3-5-9-16/h6-7,10,17,20H,2-5,8-9,11H2,1H3. The molecule has 1 aliphatic rings. The first-order valence-corrected chi connectivity index (χ1v) is 7.67. The smallest absolute Gasteiger partial charge is 0.293 e. The number of rotatable bonds is 5. The molecule has 0 aromatic heterocycles. The minimum atomic E-state index is -0.816. The van der Waals surface area contributed by atoms with E-state index in [4.69, 9.17) is 0 Å². The summed E-state index contributed by atoms with van der Waals surface area (Å²) in [6.45, 7) is 1.66. The van der Waals surface area contributed by atoms with Gasteiger partial charge in [-0.2, -0.15) is 0 Å². The highest BCUT2D eigenvalue weighted by atomic mass is 16.6. The van der Waals surface area contributed by atoms with E-state index >= 15 is 0 Å². The Bertz CT molecular complexity index is 563. The van der Waals surface area contributed by atoms with Crippen LogP contribution in [0.25, 0.3) is 0 Å². The van der Waals surface area contributed by atoms with E-state index in [2.05, 4.69) is 5.32 Å². The van der Waals surface area contributed by atoms with Gasteiger partial charge < -0.3 is 10.4 Å². The molecule has 6 nitrogen and oxygen atoms in total. The van der Waals surface area contributed by atoms with Crippen molar-refractivity contribution >= 4 is 17.2 Å². The van der Waals surface area contributed by atoms with Gasteiger partial charge in [0.1, 0.15) is 5.69 Å². The number of nitrogens with zero attached hydrogens (tertiary/aromatic N) is 1. The number of anilines is 1. The maximum atomic E-state index is 11.3. The minimum absolute atomic E-state index is 0.134. The average Bonchev–Trinajstić information content (AvgIpc) is 2.70. The highest BCUT2D eigenvalue weighted by molar-refractivity contribution is 5.95. The predicted molar refractivity (Wildman–Crippen MR) is 84.2 cm³/mol. The second kappa shape index (κ2) is 6.87. The summed E-state index contributed by atoms with van der Waals surface area (Å²) < 4.78 is 0. The Morgan fingerprint density at radius 3 is 2.50 bits per heavy atom. The number of ketones is 1. The van der Waals surface area contributed by atoms with Crippen LogP contribution in [-0.2, 0) is 0 Å². The topological polar surface area (TPSA) is 92.5 Å². The molecule has 0 bridgehead atoms. The van der Waals surface area contributed by atoms with E-state index in [0.29, 0.717) is 24.1 Å². The van der Waals surface area contributed by atoms with Gasteiger partial charge in [-0.15, -0.1) is 0 Å². The van der Waals surface area contributed by atoms with Crippen LogP contribution in [0.2, 0.25) is 0 Å².